The van der Waals surface area contributed by atoms with Gasteiger partial charge in [0, 0.05) is 41.3 Å². The van der Waals surface area contributed by atoms with Gasteiger partial charge in [-0.1, -0.05) is 17.7 Å². The summed E-state index contributed by atoms with van der Waals surface area (Å²) in [6, 6.07) is 14.5. The van der Waals surface area contributed by atoms with Gasteiger partial charge in [-0.15, -0.1) is 0 Å². The number of amides is 1. The first-order valence-corrected chi connectivity index (χ1v) is 7.49. The van der Waals surface area contributed by atoms with Gasteiger partial charge in [0.2, 0.25) is 0 Å². The van der Waals surface area contributed by atoms with E-state index >= 15 is 0 Å². The Hall–Kier alpha value is -2.72. The Labute approximate surface area is 139 Å². The minimum atomic E-state index is -0.160. The van der Waals surface area contributed by atoms with Crippen LogP contribution >= 0.6 is 11.6 Å². The maximum absolute atomic E-state index is 12.1. The lowest BCUT2D eigenvalue weighted by Crippen LogP contribution is -2.22. The van der Waals surface area contributed by atoms with Crippen molar-refractivity contribution in [3.63, 3.8) is 0 Å². The Bertz CT molecular complexity index is 821. The van der Waals surface area contributed by atoms with E-state index in [0.29, 0.717) is 17.1 Å². The summed E-state index contributed by atoms with van der Waals surface area (Å²) in [6.07, 6.45) is 5.21. The Morgan fingerprint density at radius 1 is 1.09 bits per heavy atom. The van der Waals surface area contributed by atoms with E-state index in [-0.39, 0.29) is 5.91 Å². The Morgan fingerprint density at radius 2 is 2.00 bits per heavy atom. The fourth-order valence-electron chi connectivity index (χ4n) is 2.17. The number of carbonyl (C=O) groups excluding carboxylic acids is 1. The number of pyridine rings is 2. The van der Waals surface area contributed by atoms with Crippen molar-refractivity contribution in [2.75, 3.05) is 0 Å². The van der Waals surface area contributed by atoms with Gasteiger partial charge in [-0.3, -0.25) is 14.8 Å². The zero-order valence-corrected chi connectivity index (χ0v) is 13.0. The minimum Gasteiger partial charge on any atom is -0.348 e. The van der Waals surface area contributed by atoms with Crippen LogP contribution in [0.1, 0.15) is 15.9 Å². The minimum absolute atomic E-state index is 0.160. The SMILES string of the molecule is O=C(NCc1ccnc(-c2cccnc2)c1)c1cccc(Cl)c1. The molecule has 0 radical (unpaired) electrons. The van der Waals surface area contributed by atoms with Crippen molar-refractivity contribution in [2.24, 2.45) is 0 Å². The number of benzene rings is 1. The van der Waals surface area contributed by atoms with E-state index < -0.39 is 0 Å². The number of carbonyl (C=O) groups is 1. The van der Waals surface area contributed by atoms with Gasteiger partial charge in [0.25, 0.3) is 5.91 Å². The molecule has 0 aliphatic rings. The molecule has 0 saturated heterocycles. The van der Waals surface area contributed by atoms with E-state index in [2.05, 4.69) is 15.3 Å². The molecule has 0 aliphatic carbocycles. The third-order valence-corrected chi connectivity index (χ3v) is 3.56. The molecule has 5 heteroatoms. The quantitative estimate of drug-likeness (QED) is 0.796. The van der Waals surface area contributed by atoms with Crippen LogP contribution in [0.25, 0.3) is 11.3 Å². The average molecular weight is 324 g/mol. The Morgan fingerprint density at radius 3 is 2.78 bits per heavy atom. The van der Waals surface area contributed by atoms with Gasteiger partial charge in [0.05, 0.1) is 5.69 Å². The summed E-state index contributed by atoms with van der Waals surface area (Å²) in [4.78, 5) is 20.6. The molecule has 0 saturated carbocycles. The fourth-order valence-corrected chi connectivity index (χ4v) is 2.36. The number of hydrogen-bond donors (Lipinski definition) is 1. The standard InChI is InChI=1S/C18H14ClN3O/c19-16-5-1-3-14(10-16)18(23)22-11-13-6-8-21-17(9-13)15-4-2-7-20-12-15/h1-10,12H,11H2,(H,22,23). The van der Waals surface area contributed by atoms with Crippen LogP contribution < -0.4 is 5.32 Å². The number of aromatic nitrogens is 2. The van der Waals surface area contributed by atoms with Crippen molar-refractivity contribution in [1.82, 2.24) is 15.3 Å². The van der Waals surface area contributed by atoms with Gasteiger partial charge in [-0.25, -0.2) is 0 Å². The van der Waals surface area contributed by atoms with Crippen LogP contribution in [0, 0.1) is 0 Å². The molecule has 1 aromatic carbocycles. The largest absolute Gasteiger partial charge is 0.348 e. The highest BCUT2D eigenvalue weighted by molar-refractivity contribution is 6.30. The fraction of sp³-hybridized carbons (Fsp3) is 0.0556. The predicted molar refractivity (Wildman–Crippen MR) is 90.1 cm³/mol. The molecular formula is C18H14ClN3O. The monoisotopic (exact) mass is 323 g/mol. The maximum Gasteiger partial charge on any atom is 0.251 e. The molecule has 2 heterocycles. The molecule has 3 rings (SSSR count). The smallest absolute Gasteiger partial charge is 0.251 e. The zero-order valence-electron chi connectivity index (χ0n) is 12.2. The molecule has 0 atom stereocenters. The van der Waals surface area contributed by atoms with E-state index in [9.17, 15) is 4.79 Å². The van der Waals surface area contributed by atoms with Gasteiger partial charge in [0.1, 0.15) is 0 Å². The normalized spacial score (nSPS) is 10.3. The lowest BCUT2D eigenvalue weighted by Gasteiger charge is -2.07. The summed E-state index contributed by atoms with van der Waals surface area (Å²) in [6.45, 7) is 0.418. The van der Waals surface area contributed by atoms with Crippen LogP contribution in [-0.2, 0) is 6.54 Å². The molecule has 114 valence electrons. The van der Waals surface area contributed by atoms with Crippen LogP contribution in [0.15, 0.2) is 67.1 Å². The van der Waals surface area contributed by atoms with Crippen molar-refractivity contribution >= 4 is 17.5 Å². The van der Waals surface area contributed by atoms with Crippen molar-refractivity contribution in [3.8, 4) is 11.3 Å². The zero-order chi connectivity index (χ0) is 16.1. The second-order valence-electron chi connectivity index (χ2n) is 4.98. The maximum atomic E-state index is 12.1. The molecule has 3 aromatic rings. The van der Waals surface area contributed by atoms with Crippen molar-refractivity contribution in [1.29, 1.82) is 0 Å². The summed E-state index contributed by atoms with van der Waals surface area (Å²) in [5.74, 6) is -0.160. The number of halogens is 1. The number of nitrogens with one attached hydrogen (secondary N) is 1. The summed E-state index contributed by atoms with van der Waals surface area (Å²) < 4.78 is 0. The molecule has 0 unspecified atom stereocenters. The lowest BCUT2D eigenvalue weighted by atomic mass is 10.1. The van der Waals surface area contributed by atoms with Crippen LogP contribution in [0.2, 0.25) is 5.02 Å². The van der Waals surface area contributed by atoms with Crippen LogP contribution in [0.3, 0.4) is 0 Å². The van der Waals surface area contributed by atoms with E-state index in [4.69, 9.17) is 11.6 Å². The second-order valence-corrected chi connectivity index (χ2v) is 5.42. The first-order chi connectivity index (χ1) is 11.2. The summed E-state index contributed by atoms with van der Waals surface area (Å²) in [5, 5.41) is 3.42. The molecule has 0 aliphatic heterocycles. The van der Waals surface area contributed by atoms with E-state index in [1.807, 2.05) is 24.3 Å². The first-order valence-electron chi connectivity index (χ1n) is 7.11. The van der Waals surface area contributed by atoms with E-state index in [1.54, 1.807) is 42.9 Å². The van der Waals surface area contributed by atoms with Gasteiger partial charge in [-0.2, -0.15) is 0 Å². The van der Waals surface area contributed by atoms with Gasteiger partial charge in [0.15, 0.2) is 0 Å². The predicted octanol–water partition coefficient (Wildman–Crippen LogP) is 3.73. The van der Waals surface area contributed by atoms with Gasteiger partial charge >= 0.3 is 0 Å². The first kappa shape index (κ1) is 15.2. The summed E-state index contributed by atoms with van der Waals surface area (Å²) in [7, 11) is 0. The highest BCUT2D eigenvalue weighted by Crippen LogP contribution is 2.16. The number of nitrogens with zero attached hydrogens (tertiary/aromatic N) is 2. The molecule has 4 nitrogen and oxygen atoms in total. The molecule has 2 aromatic heterocycles. The third-order valence-electron chi connectivity index (χ3n) is 3.32. The highest BCUT2D eigenvalue weighted by atomic mass is 35.5. The van der Waals surface area contributed by atoms with Crippen molar-refractivity contribution in [3.05, 3.63) is 83.3 Å². The molecule has 1 amide bonds. The van der Waals surface area contributed by atoms with E-state index in [0.717, 1.165) is 16.8 Å². The van der Waals surface area contributed by atoms with Crippen LogP contribution in [-0.4, -0.2) is 15.9 Å². The molecule has 23 heavy (non-hydrogen) atoms. The van der Waals surface area contributed by atoms with Gasteiger partial charge in [-0.05, 0) is 48.0 Å². The van der Waals surface area contributed by atoms with Crippen LogP contribution in [0.5, 0.6) is 0 Å². The number of hydrogen-bond acceptors (Lipinski definition) is 3. The Balaban J connectivity index is 1.70. The molecule has 1 N–H and O–H groups in total. The molecule has 0 fully saturated rings. The lowest BCUT2D eigenvalue weighted by molar-refractivity contribution is 0.0951. The molecule has 0 spiro atoms. The van der Waals surface area contributed by atoms with Gasteiger partial charge < -0.3 is 5.32 Å². The Kier molecular flexibility index (Phi) is 4.64. The molecular weight excluding hydrogens is 310 g/mol. The highest BCUT2D eigenvalue weighted by Gasteiger charge is 2.06. The van der Waals surface area contributed by atoms with Crippen LogP contribution in [0.4, 0.5) is 0 Å². The average Bonchev–Trinajstić information content (AvgIpc) is 2.61. The number of rotatable bonds is 4. The second kappa shape index (κ2) is 7.03. The van der Waals surface area contributed by atoms with E-state index in [1.165, 1.54) is 0 Å². The summed E-state index contributed by atoms with van der Waals surface area (Å²) in [5.41, 5.74) is 3.27. The van der Waals surface area contributed by atoms with Crippen molar-refractivity contribution < 1.29 is 4.79 Å². The summed E-state index contributed by atoms with van der Waals surface area (Å²) >= 11 is 5.90. The topological polar surface area (TPSA) is 54.9 Å². The van der Waals surface area contributed by atoms with Crippen molar-refractivity contribution in [2.45, 2.75) is 6.54 Å². The third kappa shape index (κ3) is 3.93. The molecule has 0 bridgehead atoms.